The van der Waals surface area contributed by atoms with Gasteiger partial charge in [-0.25, -0.2) is 4.98 Å². The summed E-state index contributed by atoms with van der Waals surface area (Å²) in [6, 6.07) is 22.9. The molecule has 0 aliphatic carbocycles. The van der Waals surface area contributed by atoms with E-state index < -0.39 is 0 Å². The topological polar surface area (TPSA) is 52.0 Å². The lowest BCUT2D eigenvalue weighted by atomic mass is 10.1. The monoisotopic (exact) mass is 410 g/mol. The lowest BCUT2D eigenvalue weighted by Gasteiger charge is -2.15. The summed E-state index contributed by atoms with van der Waals surface area (Å²) in [7, 11) is 0. The maximum absolute atomic E-state index is 13.7. The second kappa shape index (κ2) is 7.04. The highest BCUT2D eigenvalue weighted by Crippen LogP contribution is 2.28. The Balaban J connectivity index is 1.99. The summed E-state index contributed by atoms with van der Waals surface area (Å²) in [4.78, 5) is 32.2. The van der Waals surface area contributed by atoms with Crippen LogP contribution in [0.4, 0.5) is 0 Å². The van der Waals surface area contributed by atoms with Crippen molar-refractivity contribution in [2.24, 2.45) is 0 Å². The molecule has 3 aromatic carbocycles. The van der Waals surface area contributed by atoms with Crippen molar-refractivity contribution < 1.29 is 0 Å². The Hall–Kier alpha value is -3.57. The van der Waals surface area contributed by atoms with Gasteiger partial charge in [-0.3, -0.25) is 14.2 Å². The number of aromatic nitrogens is 2. The standard InChI is InChI=1S/C25H18N2O2S/c1-15-11-13-17(14-12-15)27-23(18-8-4-3-7-16(18)2)26-24-21(25(27)29)22(28)19-9-5-6-10-20(19)30-24/h3-14H,1-2H3. The normalized spacial score (nSPS) is 11.3. The fraction of sp³-hybridized carbons (Fsp3) is 0.0800. The highest BCUT2D eigenvalue weighted by molar-refractivity contribution is 7.24. The third kappa shape index (κ3) is 2.86. The SMILES string of the molecule is Cc1ccc(-n2c(-c3ccccc3C)nc3sc4ccccc4c(=O)c3c2=O)cc1. The third-order valence-corrected chi connectivity index (χ3v) is 6.36. The molecule has 146 valence electrons. The van der Waals surface area contributed by atoms with E-state index in [2.05, 4.69) is 0 Å². The van der Waals surface area contributed by atoms with Gasteiger partial charge >= 0.3 is 0 Å². The smallest absolute Gasteiger partial charge is 0.271 e. The molecule has 5 heteroatoms. The predicted octanol–water partition coefficient (Wildman–Crippen LogP) is 5.24. The summed E-state index contributed by atoms with van der Waals surface area (Å²) >= 11 is 1.38. The van der Waals surface area contributed by atoms with Crippen LogP contribution in [-0.2, 0) is 0 Å². The van der Waals surface area contributed by atoms with Crippen LogP contribution in [0.2, 0.25) is 0 Å². The number of benzene rings is 3. The second-order valence-electron chi connectivity index (χ2n) is 7.33. The quantitative estimate of drug-likeness (QED) is 0.374. The number of rotatable bonds is 2. The summed E-state index contributed by atoms with van der Waals surface area (Å²) in [5, 5.41) is 0.685. The Morgan fingerprint density at radius 1 is 0.833 bits per heavy atom. The molecule has 0 N–H and O–H groups in total. The molecule has 0 unspecified atom stereocenters. The first-order valence-corrected chi connectivity index (χ1v) is 10.5. The van der Waals surface area contributed by atoms with E-state index in [1.165, 1.54) is 11.3 Å². The lowest BCUT2D eigenvalue weighted by molar-refractivity contribution is 0.974. The highest BCUT2D eigenvalue weighted by Gasteiger charge is 2.19. The van der Waals surface area contributed by atoms with Crippen molar-refractivity contribution in [2.75, 3.05) is 0 Å². The number of fused-ring (bicyclic) bond motifs is 2. The van der Waals surface area contributed by atoms with Crippen LogP contribution in [0.3, 0.4) is 0 Å². The zero-order chi connectivity index (χ0) is 20.8. The highest BCUT2D eigenvalue weighted by atomic mass is 32.1. The molecule has 30 heavy (non-hydrogen) atoms. The van der Waals surface area contributed by atoms with Gasteiger partial charge in [0.05, 0.1) is 5.69 Å². The number of aryl methyl sites for hydroxylation is 2. The minimum Gasteiger partial charge on any atom is -0.288 e. The summed E-state index contributed by atoms with van der Waals surface area (Å²) in [5.74, 6) is 0.542. The number of nitrogens with zero attached hydrogens (tertiary/aromatic N) is 2. The Kier molecular flexibility index (Phi) is 4.33. The molecule has 0 aliphatic heterocycles. The van der Waals surface area contributed by atoms with E-state index in [4.69, 9.17) is 4.98 Å². The predicted molar refractivity (Wildman–Crippen MR) is 124 cm³/mol. The van der Waals surface area contributed by atoms with Gasteiger partial charge < -0.3 is 0 Å². The van der Waals surface area contributed by atoms with Crippen LogP contribution in [0, 0.1) is 13.8 Å². The van der Waals surface area contributed by atoms with Crippen molar-refractivity contribution in [3.05, 3.63) is 105 Å². The summed E-state index contributed by atoms with van der Waals surface area (Å²) in [5.41, 5.74) is 3.05. The summed E-state index contributed by atoms with van der Waals surface area (Å²) < 4.78 is 2.39. The molecular formula is C25H18N2O2S. The van der Waals surface area contributed by atoms with Crippen molar-refractivity contribution in [1.29, 1.82) is 0 Å². The zero-order valence-corrected chi connectivity index (χ0v) is 17.4. The third-order valence-electron chi connectivity index (χ3n) is 5.29. The average Bonchev–Trinajstić information content (AvgIpc) is 2.75. The van der Waals surface area contributed by atoms with Gasteiger partial charge in [0, 0.05) is 15.6 Å². The number of hydrogen-bond acceptors (Lipinski definition) is 4. The molecule has 0 fully saturated rings. The molecule has 5 rings (SSSR count). The van der Waals surface area contributed by atoms with Crippen LogP contribution in [0.5, 0.6) is 0 Å². The summed E-state index contributed by atoms with van der Waals surface area (Å²) in [6.07, 6.45) is 0. The molecular weight excluding hydrogens is 392 g/mol. The molecule has 0 spiro atoms. The molecule has 0 saturated heterocycles. The first kappa shape index (κ1) is 18.5. The van der Waals surface area contributed by atoms with Gasteiger partial charge in [-0.1, -0.05) is 54.1 Å². The van der Waals surface area contributed by atoms with Gasteiger partial charge in [0.25, 0.3) is 5.56 Å². The van der Waals surface area contributed by atoms with E-state index in [-0.39, 0.29) is 16.4 Å². The van der Waals surface area contributed by atoms with Crippen LogP contribution in [0.1, 0.15) is 11.1 Å². The van der Waals surface area contributed by atoms with Gasteiger partial charge in [0.1, 0.15) is 16.0 Å². The van der Waals surface area contributed by atoms with E-state index in [0.717, 1.165) is 21.4 Å². The van der Waals surface area contributed by atoms with Crippen LogP contribution < -0.4 is 11.0 Å². The van der Waals surface area contributed by atoms with Crippen molar-refractivity contribution >= 4 is 31.6 Å². The van der Waals surface area contributed by atoms with Crippen LogP contribution in [-0.4, -0.2) is 9.55 Å². The van der Waals surface area contributed by atoms with E-state index in [1.54, 1.807) is 10.6 Å². The van der Waals surface area contributed by atoms with E-state index in [0.29, 0.717) is 21.7 Å². The molecule has 4 nitrogen and oxygen atoms in total. The molecule has 0 radical (unpaired) electrons. The Bertz CT molecular complexity index is 1550. The first-order valence-electron chi connectivity index (χ1n) is 9.66. The zero-order valence-electron chi connectivity index (χ0n) is 16.5. The van der Waals surface area contributed by atoms with E-state index in [9.17, 15) is 9.59 Å². The van der Waals surface area contributed by atoms with Gasteiger partial charge in [-0.05, 0) is 43.7 Å². The second-order valence-corrected chi connectivity index (χ2v) is 8.36. The van der Waals surface area contributed by atoms with E-state index in [1.807, 2.05) is 80.6 Å². The lowest BCUT2D eigenvalue weighted by Crippen LogP contribution is -2.26. The maximum atomic E-state index is 13.7. The molecule has 2 aromatic heterocycles. The molecule has 0 saturated carbocycles. The minimum absolute atomic E-state index is 0.136. The van der Waals surface area contributed by atoms with Gasteiger partial charge in [0.15, 0.2) is 0 Å². The average molecular weight is 410 g/mol. The van der Waals surface area contributed by atoms with Crippen molar-refractivity contribution in [3.63, 3.8) is 0 Å². The molecule has 0 bridgehead atoms. The largest absolute Gasteiger partial charge is 0.288 e. The summed E-state index contributed by atoms with van der Waals surface area (Å²) in [6.45, 7) is 3.99. The molecule has 0 amide bonds. The van der Waals surface area contributed by atoms with Crippen molar-refractivity contribution in [1.82, 2.24) is 9.55 Å². The van der Waals surface area contributed by atoms with Crippen molar-refractivity contribution in [2.45, 2.75) is 13.8 Å². The Morgan fingerprint density at radius 2 is 1.53 bits per heavy atom. The van der Waals surface area contributed by atoms with Crippen LogP contribution >= 0.6 is 11.3 Å². The Morgan fingerprint density at radius 3 is 2.30 bits per heavy atom. The van der Waals surface area contributed by atoms with Crippen molar-refractivity contribution in [3.8, 4) is 17.1 Å². The van der Waals surface area contributed by atoms with E-state index >= 15 is 0 Å². The minimum atomic E-state index is -0.339. The number of hydrogen-bond donors (Lipinski definition) is 0. The van der Waals surface area contributed by atoms with Crippen LogP contribution in [0.15, 0.2) is 82.4 Å². The molecule has 0 aliphatic rings. The van der Waals surface area contributed by atoms with Gasteiger partial charge in [-0.15, -0.1) is 11.3 Å². The molecule has 5 aromatic rings. The maximum Gasteiger partial charge on any atom is 0.271 e. The fourth-order valence-corrected chi connectivity index (χ4v) is 4.73. The Labute approximate surface area is 176 Å². The molecule has 2 heterocycles. The fourth-order valence-electron chi connectivity index (χ4n) is 3.69. The van der Waals surface area contributed by atoms with Crippen LogP contribution in [0.25, 0.3) is 37.4 Å². The van der Waals surface area contributed by atoms with Gasteiger partial charge in [-0.2, -0.15) is 0 Å². The van der Waals surface area contributed by atoms with Gasteiger partial charge in [0.2, 0.25) is 5.43 Å². The molecule has 0 atom stereocenters. The first-order chi connectivity index (χ1) is 14.5.